The van der Waals surface area contributed by atoms with Crippen molar-refractivity contribution in [2.24, 2.45) is 5.92 Å². The van der Waals surface area contributed by atoms with Crippen molar-refractivity contribution in [3.8, 4) is 11.1 Å². The van der Waals surface area contributed by atoms with Gasteiger partial charge < -0.3 is 5.32 Å². The average molecular weight is 445 g/mol. The fourth-order valence-corrected chi connectivity index (χ4v) is 4.83. The smallest absolute Gasteiger partial charge is 0.231 e. The Bertz CT molecular complexity index is 1490. The van der Waals surface area contributed by atoms with E-state index in [9.17, 15) is 17.6 Å². The van der Waals surface area contributed by atoms with Crippen LogP contribution in [0.4, 0.5) is 14.6 Å². The third-order valence-corrected chi connectivity index (χ3v) is 6.59. The van der Waals surface area contributed by atoms with Gasteiger partial charge in [-0.3, -0.25) is 9.89 Å². The number of nitrogens with zero attached hydrogens (tertiary/aromatic N) is 3. The van der Waals surface area contributed by atoms with Gasteiger partial charge in [0.1, 0.15) is 16.9 Å². The van der Waals surface area contributed by atoms with E-state index in [0.29, 0.717) is 22.0 Å². The SMILES string of the molecule is Cc1c(F)c(S(C)(=O)=O)c2[nH]ncc2c1-c1ccn2nc(NC(=O)[C@@H]3C[C@@H]3F)cc2c1. The highest BCUT2D eigenvalue weighted by Crippen LogP contribution is 2.38. The van der Waals surface area contributed by atoms with E-state index in [2.05, 4.69) is 20.6 Å². The number of H-pyrrole nitrogens is 1. The summed E-state index contributed by atoms with van der Waals surface area (Å²) in [5, 5.41) is 13.8. The first-order valence-electron chi connectivity index (χ1n) is 9.45. The molecule has 11 heteroatoms. The van der Waals surface area contributed by atoms with Crippen molar-refractivity contribution < 1.29 is 22.0 Å². The molecule has 0 radical (unpaired) electrons. The Labute approximate surface area is 175 Å². The summed E-state index contributed by atoms with van der Waals surface area (Å²) in [6, 6.07) is 5.07. The third-order valence-electron chi connectivity index (χ3n) is 5.46. The van der Waals surface area contributed by atoms with Crippen LogP contribution in [-0.4, -0.2) is 46.6 Å². The molecule has 0 aliphatic heterocycles. The van der Waals surface area contributed by atoms with E-state index in [-0.39, 0.29) is 23.3 Å². The van der Waals surface area contributed by atoms with Gasteiger partial charge in [0.25, 0.3) is 0 Å². The Kier molecular flexibility index (Phi) is 4.16. The highest BCUT2D eigenvalue weighted by atomic mass is 32.2. The Hall–Kier alpha value is -3.34. The van der Waals surface area contributed by atoms with Crippen LogP contribution in [0.25, 0.3) is 27.5 Å². The second-order valence-electron chi connectivity index (χ2n) is 7.74. The predicted molar refractivity (Wildman–Crippen MR) is 110 cm³/mol. The van der Waals surface area contributed by atoms with Gasteiger partial charge in [0, 0.05) is 23.9 Å². The normalized spacial score (nSPS) is 18.6. The summed E-state index contributed by atoms with van der Waals surface area (Å²) in [5.41, 5.74) is 2.02. The molecule has 160 valence electrons. The Morgan fingerprint density at radius 3 is 2.77 bits per heavy atom. The Morgan fingerprint density at radius 1 is 1.35 bits per heavy atom. The molecule has 0 spiro atoms. The number of carbonyl (C=O) groups excluding carboxylic acids is 1. The molecule has 3 aromatic heterocycles. The lowest BCUT2D eigenvalue weighted by atomic mass is 9.97. The van der Waals surface area contributed by atoms with Gasteiger partial charge in [0.15, 0.2) is 15.7 Å². The van der Waals surface area contributed by atoms with Gasteiger partial charge in [0.2, 0.25) is 5.91 Å². The maximum atomic E-state index is 15.1. The van der Waals surface area contributed by atoms with Gasteiger partial charge >= 0.3 is 0 Å². The molecule has 4 aromatic rings. The molecule has 1 aromatic carbocycles. The molecular formula is C20H17F2N5O3S. The van der Waals surface area contributed by atoms with Gasteiger partial charge in [-0.1, -0.05) is 0 Å². The van der Waals surface area contributed by atoms with Crippen molar-refractivity contribution in [3.63, 3.8) is 0 Å². The molecule has 1 aliphatic rings. The molecule has 31 heavy (non-hydrogen) atoms. The van der Waals surface area contributed by atoms with Crippen LogP contribution in [0.3, 0.4) is 0 Å². The van der Waals surface area contributed by atoms with Gasteiger partial charge in [-0.15, -0.1) is 0 Å². The summed E-state index contributed by atoms with van der Waals surface area (Å²) >= 11 is 0. The number of hydrogen-bond acceptors (Lipinski definition) is 5. The number of rotatable bonds is 4. The zero-order valence-electron chi connectivity index (χ0n) is 16.5. The number of aromatic amines is 1. The first-order chi connectivity index (χ1) is 14.6. The summed E-state index contributed by atoms with van der Waals surface area (Å²) in [6.45, 7) is 1.51. The number of sulfone groups is 1. The second-order valence-corrected chi connectivity index (χ2v) is 9.69. The summed E-state index contributed by atoms with van der Waals surface area (Å²) in [4.78, 5) is 11.5. The van der Waals surface area contributed by atoms with E-state index in [1.807, 2.05) is 0 Å². The number of hydrogen-bond donors (Lipinski definition) is 2. The van der Waals surface area contributed by atoms with E-state index in [1.54, 1.807) is 24.4 Å². The molecule has 0 unspecified atom stereocenters. The summed E-state index contributed by atoms with van der Waals surface area (Å²) in [5.74, 6) is -1.59. The van der Waals surface area contributed by atoms with Crippen LogP contribution in [0.15, 0.2) is 35.5 Å². The molecule has 1 aliphatic carbocycles. The number of anilines is 1. The summed E-state index contributed by atoms with van der Waals surface area (Å²) < 4.78 is 54.0. The number of amides is 1. The fourth-order valence-electron chi connectivity index (χ4n) is 3.83. The van der Waals surface area contributed by atoms with Crippen molar-refractivity contribution >= 4 is 38.0 Å². The first kappa shape index (κ1) is 19.6. The summed E-state index contributed by atoms with van der Waals surface area (Å²) in [6.07, 6.45) is 3.17. The highest BCUT2D eigenvalue weighted by molar-refractivity contribution is 7.91. The number of pyridine rings is 1. The Balaban J connectivity index is 1.62. The zero-order chi connectivity index (χ0) is 22.1. The maximum absolute atomic E-state index is 15.1. The summed E-state index contributed by atoms with van der Waals surface area (Å²) in [7, 11) is -3.83. The van der Waals surface area contributed by atoms with E-state index in [1.165, 1.54) is 17.6 Å². The van der Waals surface area contributed by atoms with Crippen molar-refractivity contribution in [1.82, 2.24) is 19.8 Å². The lowest BCUT2D eigenvalue weighted by Crippen LogP contribution is -2.15. The minimum absolute atomic E-state index is 0.104. The molecule has 8 nitrogen and oxygen atoms in total. The molecule has 1 saturated carbocycles. The molecule has 1 fully saturated rings. The van der Waals surface area contributed by atoms with Crippen molar-refractivity contribution in [2.75, 3.05) is 11.6 Å². The van der Waals surface area contributed by atoms with Crippen LogP contribution in [-0.2, 0) is 14.6 Å². The van der Waals surface area contributed by atoms with Crippen LogP contribution in [0.1, 0.15) is 12.0 Å². The number of fused-ring (bicyclic) bond motifs is 2. The fraction of sp³-hybridized carbons (Fsp3) is 0.250. The molecular weight excluding hydrogens is 428 g/mol. The minimum Gasteiger partial charge on any atom is -0.309 e. The highest BCUT2D eigenvalue weighted by Gasteiger charge is 2.43. The van der Waals surface area contributed by atoms with Crippen molar-refractivity contribution in [2.45, 2.75) is 24.4 Å². The first-order valence-corrected chi connectivity index (χ1v) is 11.3. The monoisotopic (exact) mass is 445 g/mol. The molecule has 0 saturated heterocycles. The van der Waals surface area contributed by atoms with Gasteiger partial charge in [-0.25, -0.2) is 21.7 Å². The largest absolute Gasteiger partial charge is 0.309 e. The average Bonchev–Trinajstić information content (AvgIpc) is 3.07. The predicted octanol–water partition coefficient (Wildman–Crippen LogP) is 3.03. The molecule has 5 rings (SSSR count). The Morgan fingerprint density at radius 2 is 2.10 bits per heavy atom. The number of carbonyl (C=O) groups is 1. The molecule has 1 amide bonds. The quantitative estimate of drug-likeness (QED) is 0.502. The van der Waals surface area contributed by atoms with Crippen LogP contribution < -0.4 is 5.32 Å². The van der Waals surface area contributed by atoms with E-state index in [4.69, 9.17) is 0 Å². The van der Waals surface area contributed by atoms with Crippen LogP contribution in [0.2, 0.25) is 0 Å². The zero-order valence-corrected chi connectivity index (χ0v) is 17.3. The van der Waals surface area contributed by atoms with E-state index in [0.717, 1.165) is 6.26 Å². The molecule has 2 atom stereocenters. The number of benzene rings is 1. The second kappa shape index (κ2) is 6.58. The van der Waals surface area contributed by atoms with E-state index < -0.39 is 38.5 Å². The standard InChI is InChI=1S/C20H17F2N5O3S/c1-9-16(13-8-23-25-18(13)19(17(9)22)31(2,29)30)10-3-4-27-11(5-10)6-15(26-27)24-20(28)12-7-14(12)21/h3-6,8,12,14H,7H2,1-2H3,(H,23,25)(H,24,26,28)/t12-,14+/m1/s1. The number of halogens is 2. The van der Waals surface area contributed by atoms with Gasteiger partial charge in [0.05, 0.1) is 23.1 Å². The van der Waals surface area contributed by atoms with Crippen molar-refractivity contribution in [3.05, 3.63) is 42.0 Å². The number of alkyl halides is 1. The minimum atomic E-state index is -3.83. The van der Waals surface area contributed by atoms with E-state index >= 15 is 4.39 Å². The van der Waals surface area contributed by atoms with Crippen LogP contribution in [0, 0.1) is 18.7 Å². The molecule has 0 bridgehead atoms. The van der Waals surface area contributed by atoms with Gasteiger partial charge in [-0.2, -0.15) is 10.2 Å². The van der Waals surface area contributed by atoms with Crippen LogP contribution >= 0.6 is 0 Å². The topological polar surface area (TPSA) is 109 Å². The maximum Gasteiger partial charge on any atom is 0.231 e. The van der Waals surface area contributed by atoms with Crippen molar-refractivity contribution in [1.29, 1.82) is 0 Å². The third kappa shape index (κ3) is 3.16. The molecule has 2 N–H and O–H groups in total. The lowest BCUT2D eigenvalue weighted by molar-refractivity contribution is -0.117. The lowest BCUT2D eigenvalue weighted by Gasteiger charge is -2.13. The van der Waals surface area contributed by atoms with Crippen LogP contribution in [0.5, 0.6) is 0 Å². The number of aromatic nitrogens is 4. The van der Waals surface area contributed by atoms with Gasteiger partial charge in [-0.05, 0) is 42.2 Å². The molecule has 3 heterocycles. The number of nitrogens with one attached hydrogen (secondary N) is 2.